The van der Waals surface area contributed by atoms with E-state index in [-0.39, 0.29) is 17.1 Å². The van der Waals surface area contributed by atoms with Crippen LogP contribution in [0.4, 0.5) is 5.82 Å². The van der Waals surface area contributed by atoms with Gasteiger partial charge in [0.2, 0.25) is 0 Å². The molecule has 0 aliphatic rings. The van der Waals surface area contributed by atoms with Crippen LogP contribution in [0.5, 0.6) is 5.88 Å². The molecule has 1 N–H and O–H groups in total. The number of rotatable bonds is 3. The van der Waals surface area contributed by atoms with Crippen LogP contribution in [0.25, 0.3) is 0 Å². The second-order valence-corrected chi connectivity index (χ2v) is 4.60. The summed E-state index contributed by atoms with van der Waals surface area (Å²) >= 11 is 0. The fourth-order valence-corrected chi connectivity index (χ4v) is 1.20. The normalized spacial score (nSPS) is 11.6. The van der Waals surface area contributed by atoms with E-state index in [1.54, 1.807) is 0 Å². The molecular weight excluding hydrogens is 180 g/mol. The van der Waals surface area contributed by atoms with Gasteiger partial charge in [-0.25, -0.2) is 0 Å². The molecule has 4 heteroatoms. The van der Waals surface area contributed by atoms with Crippen molar-refractivity contribution in [1.82, 2.24) is 4.57 Å². The van der Waals surface area contributed by atoms with Crippen LogP contribution >= 0.6 is 0 Å². The third-order valence-corrected chi connectivity index (χ3v) is 2.11. The quantitative estimate of drug-likeness (QED) is 0.755. The van der Waals surface area contributed by atoms with E-state index in [0.717, 1.165) is 6.42 Å². The molecule has 1 rings (SSSR count). The lowest BCUT2D eigenvalue weighted by Gasteiger charge is -2.18. The predicted octanol–water partition coefficient (Wildman–Crippen LogP) is 3.03. The van der Waals surface area contributed by atoms with E-state index in [0.29, 0.717) is 6.54 Å². The molecule has 0 radical (unpaired) electrons. The molecule has 1 aromatic heterocycles. The van der Waals surface area contributed by atoms with Crippen LogP contribution in [0.3, 0.4) is 0 Å². The van der Waals surface area contributed by atoms with Crippen molar-refractivity contribution in [2.24, 2.45) is 10.6 Å². The monoisotopic (exact) mass is 196 g/mol. The third kappa shape index (κ3) is 2.58. The van der Waals surface area contributed by atoms with Gasteiger partial charge in [-0.05, 0) is 23.1 Å². The van der Waals surface area contributed by atoms with E-state index in [1.165, 1.54) is 16.7 Å². The molecule has 0 aliphatic carbocycles. The molecule has 0 spiro atoms. The minimum absolute atomic E-state index is 0.101. The predicted molar refractivity (Wildman–Crippen MR) is 55.6 cm³/mol. The molecule has 1 aromatic rings. The van der Waals surface area contributed by atoms with Crippen molar-refractivity contribution in [3.63, 3.8) is 0 Å². The maximum absolute atomic E-state index is 10.4. The van der Waals surface area contributed by atoms with E-state index < -0.39 is 0 Å². The number of aromatic hydroxyl groups is 1. The summed E-state index contributed by atoms with van der Waals surface area (Å²) in [5, 5.41) is 12.3. The molecule has 1 heterocycles. The van der Waals surface area contributed by atoms with Gasteiger partial charge in [-0.15, -0.1) is 4.91 Å². The van der Waals surface area contributed by atoms with Gasteiger partial charge in [-0.3, -0.25) is 4.57 Å². The number of nitrogens with zero attached hydrogens (tertiary/aromatic N) is 2. The summed E-state index contributed by atoms with van der Waals surface area (Å²) < 4.78 is 1.53. The average Bonchev–Trinajstić information content (AvgIpc) is 2.41. The Balaban J connectivity index is 2.75. The fourth-order valence-electron chi connectivity index (χ4n) is 1.20. The lowest BCUT2D eigenvalue weighted by molar-refractivity contribution is 0.333. The van der Waals surface area contributed by atoms with E-state index in [1.807, 2.05) is 0 Å². The van der Waals surface area contributed by atoms with Crippen molar-refractivity contribution in [3.8, 4) is 5.88 Å². The molecule has 0 aliphatic heterocycles. The standard InChI is InChI=1S/C10H16N2O2/c1-10(2,3)6-7-12-8(11-14)4-5-9(12)13/h4-5,13H,6-7H2,1-3H3. The molecule has 78 valence electrons. The molecule has 0 atom stereocenters. The Bertz CT molecular complexity index is 323. The van der Waals surface area contributed by atoms with Crippen molar-refractivity contribution < 1.29 is 5.11 Å². The highest BCUT2D eigenvalue weighted by molar-refractivity contribution is 5.35. The van der Waals surface area contributed by atoms with Gasteiger partial charge >= 0.3 is 0 Å². The van der Waals surface area contributed by atoms with Crippen LogP contribution in [0.1, 0.15) is 27.2 Å². The molecule has 0 saturated heterocycles. The number of nitroso groups, excluding NO2 is 1. The Morgan fingerprint density at radius 1 is 1.43 bits per heavy atom. The van der Waals surface area contributed by atoms with Gasteiger partial charge in [0.1, 0.15) is 0 Å². The van der Waals surface area contributed by atoms with Crippen molar-refractivity contribution in [2.45, 2.75) is 33.7 Å². The molecule has 0 aromatic carbocycles. The van der Waals surface area contributed by atoms with Gasteiger partial charge in [0.15, 0.2) is 11.7 Å². The molecule has 0 amide bonds. The molecule has 4 nitrogen and oxygen atoms in total. The van der Waals surface area contributed by atoms with Gasteiger partial charge < -0.3 is 5.11 Å². The van der Waals surface area contributed by atoms with Gasteiger partial charge in [0.05, 0.1) is 0 Å². The largest absolute Gasteiger partial charge is 0.494 e. The summed E-state index contributed by atoms with van der Waals surface area (Å²) in [7, 11) is 0. The zero-order valence-corrected chi connectivity index (χ0v) is 8.82. The molecule has 0 saturated carbocycles. The van der Waals surface area contributed by atoms with Crippen LogP contribution in [0, 0.1) is 10.3 Å². The Labute approximate surface area is 83.5 Å². The van der Waals surface area contributed by atoms with Crippen molar-refractivity contribution in [1.29, 1.82) is 0 Å². The van der Waals surface area contributed by atoms with Crippen LogP contribution in [0.2, 0.25) is 0 Å². The van der Waals surface area contributed by atoms with Crippen LogP contribution in [0.15, 0.2) is 17.3 Å². The van der Waals surface area contributed by atoms with Gasteiger partial charge in [-0.2, -0.15) is 0 Å². The smallest absolute Gasteiger partial charge is 0.192 e. The van der Waals surface area contributed by atoms with Crippen LogP contribution in [-0.2, 0) is 6.54 Å². The molecule has 0 bridgehead atoms. The summed E-state index contributed by atoms with van der Waals surface area (Å²) in [6.07, 6.45) is 0.887. The number of aromatic nitrogens is 1. The van der Waals surface area contributed by atoms with Crippen molar-refractivity contribution >= 4 is 5.82 Å². The topological polar surface area (TPSA) is 54.6 Å². The Morgan fingerprint density at radius 2 is 2.07 bits per heavy atom. The van der Waals surface area contributed by atoms with Crippen molar-refractivity contribution in [2.75, 3.05) is 0 Å². The second kappa shape index (κ2) is 3.82. The number of hydrogen-bond acceptors (Lipinski definition) is 3. The second-order valence-electron chi connectivity index (χ2n) is 4.60. The highest BCUT2D eigenvalue weighted by Crippen LogP contribution is 2.26. The average molecular weight is 196 g/mol. The van der Waals surface area contributed by atoms with Gasteiger partial charge in [-0.1, -0.05) is 20.8 Å². The minimum Gasteiger partial charge on any atom is -0.494 e. The minimum atomic E-state index is 0.101. The molecule has 0 fully saturated rings. The zero-order valence-electron chi connectivity index (χ0n) is 8.82. The van der Waals surface area contributed by atoms with E-state index in [2.05, 4.69) is 25.9 Å². The fraction of sp³-hybridized carbons (Fsp3) is 0.600. The van der Waals surface area contributed by atoms with Crippen LogP contribution in [-0.4, -0.2) is 9.67 Å². The first-order chi connectivity index (χ1) is 6.44. The molecule has 0 unspecified atom stereocenters. The summed E-state index contributed by atoms with van der Waals surface area (Å²) in [6.45, 7) is 6.95. The Kier molecular flexibility index (Phi) is 2.93. The SMILES string of the molecule is CC(C)(C)CCn1c(O)ccc1N=O. The molecule has 14 heavy (non-hydrogen) atoms. The zero-order chi connectivity index (χ0) is 10.8. The highest BCUT2D eigenvalue weighted by Gasteiger charge is 2.13. The van der Waals surface area contributed by atoms with Gasteiger partial charge in [0.25, 0.3) is 0 Å². The van der Waals surface area contributed by atoms with E-state index >= 15 is 0 Å². The van der Waals surface area contributed by atoms with E-state index in [4.69, 9.17) is 0 Å². The first-order valence-corrected chi connectivity index (χ1v) is 4.66. The lowest BCUT2D eigenvalue weighted by Crippen LogP contribution is -2.09. The summed E-state index contributed by atoms with van der Waals surface area (Å²) in [4.78, 5) is 10.4. The third-order valence-electron chi connectivity index (χ3n) is 2.11. The van der Waals surface area contributed by atoms with Crippen LogP contribution < -0.4 is 0 Å². The summed E-state index contributed by atoms with van der Waals surface area (Å²) in [5.74, 6) is 0.385. The van der Waals surface area contributed by atoms with E-state index in [9.17, 15) is 10.0 Å². The lowest BCUT2D eigenvalue weighted by atomic mass is 9.92. The first-order valence-electron chi connectivity index (χ1n) is 4.66. The Hall–Kier alpha value is -1.32. The Morgan fingerprint density at radius 3 is 2.57 bits per heavy atom. The highest BCUT2D eigenvalue weighted by atomic mass is 16.3. The number of hydrogen-bond donors (Lipinski definition) is 1. The van der Waals surface area contributed by atoms with Crippen molar-refractivity contribution in [3.05, 3.63) is 17.0 Å². The molecular formula is C10H16N2O2. The maximum Gasteiger partial charge on any atom is 0.192 e. The van der Waals surface area contributed by atoms with Gasteiger partial charge in [0, 0.05) is 12.6 Å². The summed E-state index contributed by atoms with van der Waals surface area (Å²) in [5.41, 5.74) is 0.177. The maximum atomic E-state index is 10.4. The first kappa shape index (κ1) is 10.8. The summed E-state index contributed by atoms with van der Waals surface area (Å²) in [6, 6.07) is 3.00.